The minimum Gasteiger partial charge on any atom is -0.303 e. The van der Waals surface area contributed by atoms with Crippen molar-refractivity contribution >= 4 is 0 Å². The summed E-state index contributed by atoms with van der Waals surface area (Å²) < 4.78 is 0. The first-order chi connectivity index (χ1) is 15.3. The standard InChI is InChI=1S/C24H51N.C6H12/c1-4-7-10-13-16-19-22-25(23-20-17-14-11-8-5-2)24-21-18-15-12-9-6-3;1-2-4-6-5-3-1/h4-24H2,1-3H3;1-6H2. The van der Waals surface area contributed by atoms with E-state index in [0.717, 1.165) is 0 Å². The Morgan fingerprint density at radius 2 is 0.548 bits per heavy atom. The fourth-order valence-electron chi connectivity index (χ4n) is 4.74. The molecule has 31 heavy (non-hydrogen) atoms. The van der Waals surface area contributed by atoms with Crippen LogP contribution in [0.4, 0.5) is 0 Å². The number of hydrogen-bond acceptors (Lipinski definition) is 1. The van der Waals surface area contributed by atoms with E-state index < -0.39 is 0 Å². The van der Waals surface area contributed by atoms with E-state index in [-0.39, 0.29) is 0 Å². The first kappa shape index (κ1) is 31.0. The Bertz CT molecular complexity index is 247. The molecule has 0 unspecified atom stereocenters. The van der Waals surface area contributed by atoms with E-state index >= 15 is 0 Å². The summed E-state index contributed by atoms with van der Waals surface area (Å²) in [6.07, 6.45) is 34.7. The summed E-state index contributed by atoms with van der Waals surface area (Å²) in [5, 5.41) is 0. The maximum atomic E-state index is 2.79. The van der Waals surface area contributed by atoms with E-state index in [1.165, 1.54) is 174 Å². The highest BCUT2D eigenvalue weighted by Crippen LogP contribution is 2.15. The van der Waals surface area contributed by atoms with Gasteiger partial charge < -0.3 is 4.90 Å². The van der Waals surface area contributed by atoms with Crippen molar-refractivity contribution in [2.45, 2.75) is 175 Å². The summed E-state index contributed by atoms with van der Waals surface area (Å²) in [6.45, 7) is 11.0. The predicted molar refractivity (Wildman–Crippen MR) is 144 cm³/mol. The van der Waals surface area contributed by atoms with Crippen LogP contribution < -0.4 is 0 Å². The Morgan fingerprint density at radius 3 is 0.806 bits per heavy atom. The SMILES string of the molecule is C1CCCCC1.CCCCCCCCN(CCCCCCCC)CCCCCCCC. The Morgan fingerprint density at radius 1 is 0.323 bits per heavy atom. The average Bonchev–Trinajstić information content (AvgIpc) is 2.81. The van der Waals surface area contributed by atoms with Crippen LogP contribution in [0.5, 0.6) is 0 Å². The molecule has 0 aromatic carbocycles. The van der Waals surface area contributed by atoms with Gasteiger partial charge in [-0.2, -0.15) is 0 Å². The molecule has 1 saturated carbocycles. The van der Waals surface area contributed by atoms with Gasteiger partial charge >= 0.3 is 0 Å². The van der Waals surface area contributed by atoms with Gasteiger partial charge in [-0.1, -0.05) is 156 Å². The summed E-state index contributed by atoms with van der Waals surface area (Å²) in [7, 11) is 0. The first-order valence-corrected chi connectivity index (χ1v) is 15.1. The average molecular weight is 438 g/mol. The van der Waals surface area contributed by atoms with Crippen molar-refractivity contribution in [1.82, 2.24) is 4.90 Å². The van der Waals surface area contributed by atoms with Crippen LogP contribution in [0.1, 0.15) is 175 Å². The molecule has 1 fully saturated rings. The normalized spacial score (nSPS) is 13.9. The lowest BCUT2D eigenvalue weighted by Gasteiger charge is -2.22. The van der Waals surface area contributed by atoms with E-state index in [1.54, 1.807) is 0 Å². The Kier molecular flexibility index (Phi) is 28.0. The second kappa shape index (κ2) is 28.0. The molecule has 1 heteroatoms. The van der Waals surface area contributed by atoms with Crippen molar-refractivity contribution in [3.8, 4) is 0 Å². The number of hydrogen-bond donors (Lipinski definition) is 0. The monoisotopic (exact) mass is 437 g/mol. The van der Waals surface area contributed by atoms with Crippen molar-refractivity contribution < 1.29 is 0 Å². The van der Waals surface area contributed by atoms with Crippen LogP contribution in [0.25, 0.3) is 0 Å². The highest BCUT2D eigenvalue weighted by atomic mass is 15.1. The zero-order valence-electron chi connectivity index (χ0n) is 22.5. The van der Waals surface area contributed by atoms with Crippen LogP contribution in [0.2, 0.25) is 0 Å². The minimum absolute atomic E-state index is 1.36. The zero-order chi connectivity index (χ0) is 22.7. The third kappa shape index (κ3) is 26.1. The molecule has 0 aliphatic heterocycles. The number of rotatable bonds is 21. The highest BCUT2D eigenvalue weighted by molar-refractivity contribution is 4.60. The van der Waals surface area contributed by atoms with Gasteiger partial charge in [0.25, 0.3) is 0 Å². The number of unbranched alkanes of at least 4 members (excludes halogenated alkanes) is 15. The molecule has 0 saturated heterocycles. The van der Waals surface area contributed by atoms with Gasteiger partial charge in [0.1, 0.15) is 0 Å². The lowest BCUT2D eigenvalue weighted by Crippen LogP contribution is -2.27. The predicted octanol–water partition coefficient (Wildman–Crippen LogP) is 10.7. The molecule has 0 N–H and O–H groups in total. The Hall–Kier alpha value is -0.0400. The minimum atomic E-state index is 1.36. The van der Waals surface area contributed by atoms with Crippen molar-refractivity contribution in [1.29, 1.82) is 0 Å². The largest absolute Gasteiger partial charge is 0.303 e. The number of nitrogens with zero attached hydrogens (tertiary/aromatic N) is 1. The molecular formula is C30H63N. The third-order valence-corrected chi connectivity index (χ3v) is 6.98. The van der Waals surface area contributed by atoms with Crippen molar-refractivity contribution in [2.24, 2.45) is 0 Å². The van der Waals surface area contributed by atoms with Gasteiger partial charge in [0.15, 0.2) is 0 Å². The van der Waals surface area contributed by atoms with Crippen LogP contribution in [0.3, 0.4) is 0 Å². The van der Waals surface area contributed by atoms with Gasteiger partial charge in [0.05, 0.1) is 0 Å². The van der Waals surface area contributed by atoms with Gasteiger partial charge in [-0.3, -0.25) is 0 Å². The second-order valence-corrected chi connectivity index (χ2v) is 10.3. The quantitative estimate of drug-likeness (QED) is 0.161. The molecule has 1 aliphatic carbocycles. The van der Waals surface area contributed by atoms with Gasteiger partial charge in [0, 0.05) is 0 Å². The molecule has 0 spiro atoms. The molecule has 1 rings (SSSR count). The summed E-state index contributed by atoms with van der Waals surface area (Å²) in [5.41, 5.74) is 0. The third-order valence-electron chi connectivity index (χ3n) is 6.98. The van der Waals surface area contributed by atoms with E-state index in [9.17, 15) is 0 Å². The van der Waals surface area contributed by atoms with Crippen LogP contribution in [-0.2, 0) is 0 Å². The molecule has 1 aliphatic rings. The summed E-state index contributed by atoms with van der Waals surface area (Å²) in [6, 6.07) is 0. The topological polar surface area (TPSA) is 3.24 Å². The molecule has 0 heterocycles. The molecular weight excluding hydrogens is 374 g/mol. The highest BCUT2D eigenvalue weighted by Gasteiger charge is 2.05. The van der Waals surface area contributed by atoms with Gasteiger partial charge in [-0.25, -0.2) is 0 Å². The molecule has 0 aromatic heterocycles. The lowest BCUT2D eigenvalue weighted by atomic mass is 10.0. The molecule has 0 atom stereocenters. The van der Waals surface area contributed by atoms with Gasteiger partial charge in [0.2, 0.25) is 0 Å². The summed E-state index contributed by atoms with van der Waals surface area (Å²) >= 11 is 0. The Balaban J connectivity index is 0.00000127. The maximum Gasteiger partial charge on any atom is -0.00187 e. The molecule has 0 amide bonds. The van der Waals surface area contributed by atoms with Crippen LogP contribution in [0.15, 0.2) is 0 Å². The van der Waals surface area contributed by atoms with Crippen LogP contribution in [0, 0.1) is 0 Å². The van der Waals surface area contributed by atoms with Crippen LogP contribution in [-0.4, -0.2) is 24.5 Å². The fraction of sp³-hybridized carbons (Fsp3) is 1.00. The first-order valence-electron chi connectivity index (χ1n) is 15.1. The summed E-state index contributed by atoms with van der Waals surface area (Å²) in [5.74, 6) is 0. The lowest BCUT2D eigenvalue weighted by molar-refractivity contribution is 0.254. The smallest absolute Gasteiger partial charge is 0.00187 e. The van der Waals surface area contributed by atoms with Crippen molar-refractivity contribution in [3.63, 3.8) is 0 Å². The van der Waals surface area contributed by atoms with E-state index in [4.69, 9.17) is 0 Å². The van der Waals surface area contributed by atoms with Gasteiger partial charge in [-0.05, 0) is 38.9 Å². The molecule has 1 nitrogen and oxygen atoms in total. The van der Waals surface area contributed by atoms with Gasteiger partial charge in [-0.15, -0.1) is 0 Å². The second-order valence-electron chi connectivity index (χ2n) is 10.3. The molecule has 0 radical (unpaired) electrons. The fourth-order valence-corrected chi connectivity index (χ4v) is 4.74. The maximum absolute atomic E-state index is 2.79. The van der Waals surface area contributed by atoms with E-state index in [2.05, 4.69) is 25.7 Å². The summed E-state index contributed by atoms with van der Waals surface area (Å²) in [4.78, 5) is 2.79. The van der Waals surface area contributed by atoms with E-state index in [1.807, 2.05) is 0 Å². The zero-order valence-corrected chi connectivity index (χ0v) is 22.5. The molecule has 188 valence electrons. The van der Waals surface area contributed by atoms with Crippen molar-refractivity contribution in [3.05, 3.63) is 0 Å². The Labute approximate surface area is 199 Å². The molecule has 0 aromatic rings. The van der Waals surface area contributed by atoms with E-state index in [0.29, 0.717) is 0 Å². The molecule has 0 bridgehead atoms. The van der Waals surface area contributed by atoms with Crippen molar-refractivity contribution in [2.75, 3.05) is 19.6 Å². The van der Waals surface area contributed by atoms with Crippen LogP contribution >= 0.6 is 0 Å².